The van der Waals surface area contributed by atoms with Crippen LogP contribution in [0.2, 0.25) is 5.02 Å². The molecule has 4 nitrogen and oxygen atoms in total. The Hall–Kier alpha value is -2.33. The maximum atomic E-state index is 12.6. The molecule has 0 aromatic heterocycles. The summed E-state index contributed by atoms with van der Waals surface area (Å²) in [4.78, 5) is 26.8. The maximum absolute atomic E-state index is 12.6. The predicted octanol–water partition coefficient (Wildman–Crippen LogP) is 4.95. The van der Waals surface area contributed by atoms with Crippen LogP contribution in [0.3, 0.4) is 0 Å². The summed E-state index contributed by atoms with van der Waals surface area (Å²) in [5.41, 5.74) is 2.92. The van der Waals surface area contributed by atoms with Gasteiger partial charge in [0.25, 0.3) is 0 Å². The topological polar surface area (TPSA) is 46.6 Å². The van der Waals surface area contributed by atoms with Gasteiger partial charge in [0, 0.05) is 23.7 Å². The fourth-order valence-corrected chi connectivity index (χ4v) is 3.45. The van der Waals surface area contributed by atoms with Crippen molar-refractivity contribution in [3.05, 3.63) is 64.7 Å². The lowest BCUT2D eigenvalue weighted by molar-refractivity contribution is -0.149. The van der Waals surface area contributed by atoms with E-state index in [1.807, 2.05) is 30.3 Å². The van der Waals surface area contributed by atoms with E-state index in [9.17, 15) is 9.59 Å². The van der Waals surface area contributed by atoms with E-state index in [1.165, 1.54) is 0 Å². The first-order chi connectivity index (χ1) is 13.0. The number of nitrogens with zero attached hydrogens (tertiary/aromatic N) is 1. The average molecular weight is 386 g/mol. The van der Waals surface area contributed by atoms with Gasteiger partial charge in [-0.2, -0.15) is 0 Å². The average Bonchev–Trinajstić information content (AvgIpc) is 3.08. The summed E-state index contributed by atoms with van der Waals surface area (Å²) in [5, 5.41) is 0.641. The van der Waals surface area contributed by atoms with E-state index in [2.05, 4.69) is 19.9 Å². The van der Waals surface area contributed by atoms with Gasteiger partial charge >= 0.3 is 5.97 Å². The Morgan fingerprint density at radius 3 is 2.63 bits per heavy atom. The van der Waals surface area contributed by atoms with Crippen LogP contribution < -0.4 is 4.90 Å². The third-order valence-electron chi connectivity index (χ3n) is 5.12. The lowest BCUT2D eigenvalue weighted by Gasteiger charge is -2.23. The number of carbonyl (C=O) groups excluding carboxylic acids is 2. The molecule has 1 aliphatic heterocycles. The minimum atomic E-state index is -0.435. The number of esters is 1. The van der Waals surface area contributed by atoms with E-state index in [0.29, 0.717) is 17.5 Å². The fourth-order valence-electron chi connectivity index (χ4n) is 3.32. The van der Waals surface area contributed by atoms with Gasteiger partial charge in [-0.1, -0.05) is 55.8 Å². The van der Waals surface area contributed by atoms with E-state index < -0.39 is 5.92 Å². The van der Waals surface area contributed by atoms with Crippen molar-refractivity contribution in [2.45, 2.75) is 39.2 Å². The van der Waals surface area contributed by atoms with E-state index in [1.54, 1.807) is 17.0 Å². The van der Waals surface area contributed by atoms with Gasteiger partial charge in [0.1, 0.15) is 6.61 Å². The highest BCUT2D eigenvalue weighted by molar-refractivity contribution is 6.30. The van der Waals surface area contributed by atoms with Gasteiger partial charge in [0.05, 0.1) is 5.92 Å². The number of ether oxygens (including phenoxy) is 1. The summed E-state index contributed by atoms with van der Waals surface area (Å²) in [7, 11) is 0. The number of amides is 1. The molecule has 1 heterocycles. The number of rotatable bonds is 6. The molecule has 5 heteroatoms. The molecule has 0 aliphatic carbocycles. The number of benzene rings is 2. The normalized spacial score (nSPS) is 17.8. The Bertz CT molecular complexity index is 819. The van der Waals surface area contributed by atoms with Gasteiger partial charge < -0.3 is 9.64 Å². The number of halogens is 1. The number of anilines is 1. The van der Waals surface area contributed by atoms with Gasteiger partial charge in [-0.05, 0) is 41.7 Å². The van der Waals surface area contributed by atoms with E-state index in [-0.39, 0.29) is 24.9 Å². The zero-order chi connectivity index (χ0) is 19.4. The first-order valence-corrected chi connectivity index (χ1v) is 9.67. The summed E-state index contributed by atoms with van der Waals surface area (Å²) < 4.78 is 5.42. The lowest BCUT2D eigenvalue weighted by atomic mass is 9.96. The number of hydrogen-bond acceptors (Lipinski definition) is 3. The van der Waals surface area contributed by atoms with Crippen LogP contribution >= 0.6 is 11.6 Å². The first-order valence-electron chi connectivity index (χ1n) is 9.30. The van der Waals surface area contributed by atoms with Crippen LogP contribution in [0.1, 0.15) is 43.7 Å². The molecule has 0 spiro atoms. The van der Waals surface area contributed by atoms with Crippen molar-refractivity contribution in [3.8, 4) is 0 Å². The Kier molecular flexibility index (Phi) is 6.17. The Balaban J connectivity index is 1.67. The minimum Gasteiger partial charge on any atom is -0.461 e. The second-order valence-corrected chi connectivity index (χ2v) is 7.44. The molecular formula is C22H24ClNO3. The van der Waals surface area contributed by atoms with Crippen LogP contribution in [0.25, 0.3) is 0 Å². The summed E-state index contributed by atoms with van der Waals surface area (Å²) in [6, 6.07) is 15.1. The Morgan fingerprint density at radius 2 is 1.93 bits per heavy atom. The largest absolute Gasteiger partial charge is 0.461 e. The number of hydrogen-bond donors (Lipinski definition) is 0. The van der Waals surface area contributed by atoms with Crippen molar-refractivity contribution < 1.29 is 14.3 Å². The molecule has 1 amide bonds. The zero-order valence-electron chi connectivity index (χ0n) is 15.7. The van der Waals surface area contributed by atoms with Gasteiger partial charge in [-0.3, -0.25) is 9.59 Å². The van der Waals surface area contributed by atoms with Crippen LogP contribution in [0, 0.1) is 5.92 Å². The van der Waals surface area contributed by atoms with Crippen LogP contribution in [0.4, 0.5) is 5.69 Å². The van der Waals surface area contributed by atoms with Crippen molar-refractivity contribution in [2.24, 2.45) is 5.92 Å². The highest BCUT2D eigenvalue weighted by Gasteiger charge is 2.37. The van der Waals surface area contributed by atoms with Crippen LogP contribution in [-0.4, -0.2) is 18.4 Å². The quantitative estimate of drug-likeness (QED) is 0.661. The van der Waals surface area contributed by atoms with Crippen molar-refractivity contribution in [1.29, 1.82) is 0 Å². The minimum absolute atomic E-state index is 0.0285. The molecule has 0 N–H and O–H groups in total. The molecule has 1 fully saturated rings. The van der Waals surface area contributed by atoms with Crippen molar-refractivity contribution in [2.75, 3.05) is 11.4 Å². The van der Waals surface area contributed by atoms with E-state index in [0.717, 1.165) is 23.2 Å². The Labute approximate surface area is 165 Å². The monoisotopic (exact) mass is 385 g/mol. The van der Waals surface area contributed by atoms with E-state index >= 15 is 0 Å². The third kappa shape index (κ3) is 4.51. The molecule has 3 rings (SSSR count). The molecule has 2 aromatic rings. The zero-order valence-corrected chi connectivity index (χ0v) is 16.4. The molecule has 0 bridgehead atoms. The molecular weight excluding hydrogens is 362 g/mol. The van der Waals surface area contributed by atoms with Gasteiger partial charge in [-0.15, -0.1) is 0 Å². The molecule has 0 saturated carbocycles. The fraction of sp³-hybridized carbons (Fsp3) is 0.364. The molecule has 0 unspecified atom stereocenters. The molecule has 1 saturated heterocycles. The molecule has 2 aromatic carbocycles. The maximum Gasteiger partial charge on any atom is 0.311 e. The van der Waals surface area contributed by atoms with Crippen LogP contribution in [0.5, 0.6) is 0 Å². The highest BCUT2D eigenvalue weighted by atomic mass is 35.5. The predicted molar refractivity (Wildman–Crippen MR) is 107 cm³/mol. The summed E-state index contributed by atoms with van der Waals surface area (Å²) in [6.45, 7) is 4.83. The number of carbonyl (C=O) groups is 2. The first kappa shape index (κ1) is 19.4. The van der Waals surface area contributed by atoms with Crippen molar-refractivity contribution in [1.82, 2.24) is 0 Å². The van der Waals surface area contributed by atoms with Crippen molar-refractivity contribution >= 4 is 29.2 Å². The van der Waals surface area contributed by atoms with Gasteiger partial charge in [0.15, 0.2) is 0 Å². The number of para-hydroxylation sites is 1. The van der Waals surface area contributed by atoms with Crippen LogP contribution in [0.15, 0.2) is 48.5 Å². The summed E-state index contributed by atoms with van der Waals surface area (Å²) in [5.74, 6) is -0.444. The molecule has 27 heavy (non-hydrogen) atoms. The summed E-state index contributed by atoms with van der Waals surface area (Å²) in [6.07, 6.45) is 1.18. The highest BCUT2D eigenvalue weighted by Crippen LogP contribution is 2.33. The third-order valence-corrected chi connectivity index (χ3v) is 5.38. The SMILES string of the molecule is CC[C@@H](C)c1ccccc1N1C[C@@H](C(=O)OCc2ccc(Cl)cc2)CC1=O. The smallest absolute Gasteiger partial charge is 0.311 e. The van der Waals surface area contributed by atoms with Gasteiger partial charge in [0.2, 0.25) is 5.91 Å². The van der Waals surface area contributed by atoms with Crippen LogP contribution in [-0.2, 0) is 20.9 Å². The van der Waals surface area contributed by atoms with E-state index in [4.69, 9.17) is 16.3 Å². The standard InChI is InChI=1S/C22H24ClNO3/c1-3-15(2)19-6-4-5-7-20(19)24-13-17(12-21(24)25)22(26)27-14-16-8-10-18(23)11-9-16/h4-11,15,17H,3,12-14H2,1-2H3/t15-,17+/m1/s1. The van der Waals surface area contributed by atoms with Crippen molar-refractivity contribution in [3.63, 3.8) is 0 Å². The summed E-state index contributed by atoms with van der Waals surface area (Å²) >= 11 is 5.86. The molecule has 0 radical (unpaired) electrons. The molecule has 1 aliphatic rings. The second kappa shape index (κ2) is 8.57. The Morgan fingerprint density at radius 1 is 1.22 bits per heavy atom. The lowest BCUT2D eigenvalue weighted by Crippen LogP contribution is -2.27. The van der Waals surface area contributed by atoms with Gasteiger partial charge in [-0.25, -0.2) is 0 Å². The second-order valence-electron chi connectivity index (χ2n) is 7.01. The molecule has 142 valence electrons. The molecule has 2 atom stereocenters.